The largest absolute Gasteiger partial charge is 0.334 e. The number of rotatable bonds is 0. The smallest absolute Gasteiger partial charge is 0.312 e. The van der Waals surface area contributed by atoms with Crippen molar-refractivity contribution >= 4 is 11.8 Å². The number of nitrogens with one attached hydrogen (secondary N) is 1. The maximum atomic E-state index is 12.8. The van der Waals surface area contributed by atoms with Crippen LogP contribution in [0.2, 0.25) is 0 Å². The topological polar surface area (TPSA) is 69.3 Å². The molecule has 3 aliphatic heterocycles. The van der Waals surface area contributed by atoms with Gasteiger partial charge in [-0.3, -0.25) is 14.7 Å². The van der Waals surface area contributed by atoms with Crippen LogP contribution in [0.3, 0.4) is 0 Å². The quantitative estimate of drug-likeness (QED) is 0.733. The van der Waals surface area contributed by atoms with E-state index in [9.17, 15) is 9.59 Å². The molecule has 1 aromatic heterocycles. The lowest BCUT2D eigenvalue weighted by Gasteiger charge is -2.37. The second-order valence-corrected chi connectivity index (χ2v) is 6.97. The number of amides is 2. The number of H-pyrrole nitrogens is 1. The van der Waals surface area contributed by atoms with E-state index in [0.717, 1.165) is 49.9 Å². The molecule has 2 amide bonds. The maximum Gasteiger partial charge on any atom is 0.312 e. The van der Waals surface area contributed by atoms with Crippen LogP contribution >= 0.6 is 0 Å². The van der Waals surface area contributed by atoms with Crippen molar-refractivity contribution in [3.63, 3.8) is 0 Å². The SMILES string of the molecule is CC1CCCN(C(=O)C(=O)N2C3CCC2c2cn[nH]c2C3)C1. The van der Waals surface area contributed by atoms with Crippen LogP contribution in [0.25, 0.3) is 0 Å². The number of nitrogens with zero attached hydrogens (tertiary/aromatic N) is 3. The van der Waals surface area contributed by atoms with Crippen LogP contribution in [0.1, 0.15) is 49.9 Å². The zero-order chi connectivity index (χ0) is 15.3. The van der Waals surface area contributed by atoms with E-state index in [-0.39, 0.29) is 23.9 Å². The first-order valence-corrected chi connectivity index (χ1v) is 8.29. The van der Waals surface area contributed by atoms with Crippen LogP contribution in [0.5, 0.6) is 0 Å². The number of carbonyl (C=O) groups is 2. The third-order valence-corrected chi connectivity index (χ3v) is 5.41. The number of piperidine rings is 1. The van der Waals surface area contributed by atoms with Gasteiger partial charge >= 0.3 is 11.8 Å². The van der Waals surface area contributed by atoms with E-state index in [0.29, 0.717) is 12.5 Å². The molecule has 2 bridgehead atoms. The minimum absolute atomic E-state index is 0.0335. The van der Waals surface area contributed by atoms with Crippen LogP contribution in [0.4, 0.5) is 0 Å². The summed E-state index contributed by atoms with van der Waals surface area (Å²) in [6.45, 7) is 3.58. The first-order chi connectivity index (χ1) is 10.6. The number of hydrogen-bond donors (Lipinski definition) is 1. The molecule has 0 aromatic carbocycles. The molecule has 0 spiro atoms. The maximum absolute atomic E-state index is 12.8. The summed E-state index contributed by atoms with van der Waals surface area (Å²) >= 11 is 0. The molecule has 0 aliphatic carbocycles. The normalized spacial score (nSPS) is 30.3. The number of likely N-dealkylation sites (tertiary alicyclic amines) is 1. The standard InChI is InChI=1S/C16H22N4O2/c1-10-3-2-6-19(9-10)15(21)16(22)20-11-4-5-14(20)12-8-17-18-13(12)7-11/h8,10-11,14H,2-7,9H2,1H3,(H,17,18). The summed E-state index contributed by atoms with van der Waals surface area (Å²) in [5.74, 6) is -0.132. The number of aromatic nitrogens is 2. The van der Waals surface area contributed by atoms with E-state index in [1.807, 2.05) is 11.1 Å². The predicted molar refractivity (Wildman–Crippen MR) is 79.9 cm³/mol. The summed E-state index contributed by atoms with van der Waals surface area (Å²) < 4.78 is 0. The summed E-state index contributed by atoms with van der Waals surface area (Å²) in [6.07, 6.45) is 6.66. The van der Waals surface area contributed by atoms with Gasteiger partial charge in [-0.25, -0.2) is 0 Å². The van der Waals surface area contributed by atoms with Crippen molar-refractivity contribution in [3.8, 4) is 0 Å². The molecule has 4 rings (SSSR count). The van der Waals surface area contributed by atoms with Crippen molar-refractivity contribution in [2.24, 2.45) is 5.92 Å². The Morgan fingerprint density at radius 2 is 2.14 bits per heavy atom. The van der Waals surface area contributed by atoms with Crippen molar-refractivity contribution in [3.05, 3.63) is 17.5 Å². The molecule has 0 radical (unpaired) electrons. The minimum Gasteiger partial charge on any atom is -0.334 e. The zero-order valence-electron chi connectivity index (χ0n) is 12.9. The van der Waals surface area contributed by atoms with Gasteiger partial charge in [-0.2, -0.15) is 5.10 Å². The second-order valence-electron chi connectivity index (χ2n) is 6.97. The Bertz CT molecular complexity index is 611. The molecule has 22 heavy (non-hydrogen) atoms. The molecular formula is C16H22N4O2. The molecular weight excluding hydrogens is 280 g/mol. The van der Waals surface area contributed by atoms with E-state index in [1.54, 1.807) is 4.90 Å². The van der Waals surface area contributed by atoms with E-state index in [4.69, 9.17) is 0 Å². The molecule has 3 aliphatic rings. The van der Waals surface area contributed by atoms with E-state index < -0.39 is 0 Å². The molecule has 2 fully saturated rings. The number of fused-ring (bicyclic) bond motifs is 4. The monoisotopic (exact) mass is 302 g/mol. The minimum atomic E-state index is -0.312. The van der Waals surface area contributed by atoms with Crippen LogP contribution in [0, 0.1) is 5.92 Å². The molecule has 3 atom stereocenters. The summed E-state index contributed by atoms with van der Waals surface area (Å²) in [5, 5.41) is 7.14. The van der Waals surface area contributed by atoms with Gasteiger partial charge in [0.15, 0.2) is 0 Å². The van der Waals surface area contributed by atoms with E-state index in [2.05, 4.69) is 17.1 Å². The van der Waals surface area contributed by atoms with Gasteiger partial charge in [0.25, 0.3) is 0 Å². The van der Waals surface area contributed by atoms with Gasteiger partial charge in [0.1, 0.15) is 0 Å². The molecule has 3 unspecified atom stereocenters. The van der Waals surface area contributed by atoms with Gasteiger partial charge < -0.3 is 9.80 Å². The zero-order valence-corrected chi connectivity index (χ0v) is 12.9. The molecule has 4 heterocycles. The van der Waals surface area contributed by atoms with E-state index in [1.165, 1.54) is 0 Å². The van der Waals surface area contributed by atoms with Crippen molar-refractivity contribution in [1.82, 2.24) is 20.0 Å². The Morgan fingerprint density at radius 1 is 1.27 bits per heavy atom. The first-order valence-electron chi connectivity index (χ1n) is 8.29. The van der Waals surface area contributed by atoms with Crippen LogP contribution in [-0.2, 0) is 16.0 Å². The lowest BCUT2D eigenvalue weighted by molar-refractivity contribution is -0.155. The highest BCUT2D eigenvalue weighted by atomic mass is 16.2. The van der Waals surface area contributed by atoms with Gasteiger partial charge in [0.2, 0.25) is 0 Å². The van der Waals surface area contributed by atoms with Crippen molar-refractivity contribution in [2.75, 3.05) is 13.1 Å². The molecule has 118 valence electrons. The fourth-order valence-electron chi connectivity index (χ4n) is 4.32. The van der Waals surface area contributed by atoms with Crippen molar-refractivity contribution in [2.45, 2.75) is 51.1 Å². The predicted octanol–water partition coefficient (Wildman–Crippen LogP) is 1.26. The molecule has 6 heteroatoms. The van der Waals surface area contributed by atoms with E-state index >= 15 is 0 Å². The van der Waals surface area contributed by atoms with Gasteiger partial charge in [-0.1, -0.05) is 6.92 Å². The highest BCUT2D eigenvalue weighted by molar-refractivity contribution is 6.35. The summed E-state index contributed by atoms with van der Waals surface area (Å²) in [4.78, 5) is 29.0. The number of aromatic amines is 1. The summed E-state index contributed by atoms with van der Waals surface area (Å²) in [5.41, 5.74) is 2.23. The van der Waals surface area contributed by atoms with Crippen molar-refractivity contribution in [1.29, 1.82) is 0 Å². The fourth-order valence-corrected chi connectivity index (χ4v) is 4.32. The summed E-state index contributed by atoms with van der Waals surface area (Å²) in [7, 11) is 0. The van der Waals surface area contributed by atoms with Crippen LogP contribution < -0.4 is 0 Å². The van der Waals surface area contributed by atoms with Gasteiger partial charge in [-0.05, 0) is 31.6 Å². The van der Waals surface area contributed by atoms with Gasteiger partial charge in [0, 0.05) is 36.8 Å². The third kappa shape index (κ3) is 2.04. The number of carbonyl (C=O) groups excluding carboxylic acids is 2. The van der Waals surface area contributed by atoms with Crippen LogP contribution in [-0.4, -0.2) is 50.9 Å². The van der Waals surface area contributed by atoms with Gasteiger partial charge in [0.05, 0.1) is 12.2 Å². The Balaban J connectivity index is 1.55. The Labute approximate surface area is 129 Å². The number of hydrogen-bond acceptors (Lipinski definition) is 3. The average molecular weight is 302 g/mol. The molecule has 2 saturated heterocycles. The molecule has 1 N–H and O–H groups in total. The van der Waals surface area contributed by atoms with Crippen molar-refractivity contribution < 1.29 is 9.59 Å². The highest BCUT2D eigenvalue weighted by Gasteiger charge is 2.46. The molecule has 1 aromatic rings. The summed E-state index contributed by atoms with van der Waals surface area (Å²) in [6, 6.07) is 0.183. The third-order valence-electron chi connectivity index (χ3n) is 5.41. The van der Waals surface area contributed by atoms with Gasteiger partial charge in [-0.15, -0.1) is 0 Å². The fraction of sp³-hybridized carbons (Fsp3) is 0.688. The lowest BCUT2D eigenvalue weighted by atomic mass is 9.98. The van der Waals surface area contributed by atoms with Crippen LogP contribution in [0.15, 0.2) is 6.20 Å². The first kappa shape index (κ1) is 13.8. The average Bonchev–Trinajstić information content (AvgIpc) is 3.11. The Morgan fingerprint density at radius 3 is 2.95 bits per heavy atom. The Kier molecular flexibility index (Phi) is 3.20. The lowest BCUT2D eigenvalue weighted by Crippen LogP contribution is -2.51. The second kappa shape index (κ2) is 5.11. The molecule has 6 nitrogen and oxygen atoms in total. The Hall–Kier alpha value is -1.85. The molecule has 0 saturated carbocycles. The highest BCUT2D eigenvalue weighted by Crippen LogP contribution is 2.43.